The van der Waals surface area contributed by atoms with E-state index in [1.807, 2.05) is 22.9 Å². The Morgan fingerprint density at radius 1 is 1.36 bits per heavy atom. The molecule has 0 bridgehead atoms. The minimum atomic E-state index is -0.201. The Balaban J connectivity index is 1.78. The molecule has 2 N–H and O–H groups in total. The maximum atomic E-state index is 10.0. The molecule has 1 saturated carbocycles. The summed E-state index contributed by atoms with van der Waals surface area (Å²) in [6.45, 7) is 7.75. The lowest BCUT2D eigenvalue weighted by Crippen LogP contribution is -2.54. The van der Waals surface area contributed by atoms with E-state index in [-0.39, 0.29) is 17.6 Å². The largest absolute Gasteiger partial charge is 0.394 e. The smallest absolute Gasteiger partial charge is 0.233 e. The minimum absolute atomic E-state index is 0.176. The number of nitrogens with one attached hydrogen (secondary N) is 1. The number of imidazole rings is 1. The molecular weight excluding hydrogens is 276 g/mol. The van der Waals surface area contributed by atoms with E-state index in [0.717, 1.165) is 24.3 Å². The van der Waals surface area contributed by atoms with Gasteiger partial charge in [0.1, 0.15) is 0 Å². The highest BCUT2D eigenvalue weighted by atomic mass is 16.3. The van der Waals surface area contributed by atoms with E-state index in [2.05, 4.69) is 36.1 Å². The van der Waals surface area contributed by atoms with Gasteiger partial charge in [0.25, 0.3) is 0 Å². The molecule has 1 aliphatic rings. The molecule has 0 saturated heterocycles. The van der Waals surface area contributed by atoms with Crippen LogP contribution in [-0.2, 0) is 6.54 Å². The van der Waals surface area contributed by atoms with Crippen LogP contribution in [0.4, 0.5) is 0 Å². The number of fused-ring (bicyclic) bond motifs is 1. The fourth-order valence-corrected chi connectivity index (χ4v) is 4.34. The third-order valence-electron chi connectivity index (χ3n) is 4.77. The van der Waals surface area contributed by atoms with E-state index in [4.69, 9.17) is 0 Å². The standard InChI is InChI=1S/C17H26N4O/c1-13-7-16(2,3)11-17(8-13,12-22)20-10-14-9-19-15-18-5-4-6-21(14)15/h4-6,9,13,20,22H,7-8,10-12H2,1-3H3. The van der Waals surface area contributed by atoms with Crippen LogP contribution >= 0.6 is 0 Å². The van der Waals surface area contributed by atoms with Crippen molar-refractivity contribution in [3.05, 3.63) is 30.4 Å². The molecule has 0 amide bonds. The molecule has 5 heteroatoms. The fourth-order valence-electron chi connectivity index (χ4n) is 4.34. The van der Waals surface area contributed by atoms with Crippen molar-refractivity contribution in [3.63, 3.8) is 0 Å². The molecule has 2 aromatic rings. The maximum Gasteiger partial charge on any atom is 0.233 e. The molecule has 1 aliphatic carbocycles. The van der Waals surface area contributed by atoms with Crippen LogP contribution in [0.15, 0.2) is 24.7 Å². The van der Waals surface area contributed by atoms with E-state index in [1.54, 1.807) is 6.20 Å². The molecule has 120 valence electrons. The zero-order chi connectivity index (χ0) is 15.8. The second kappa shape index (κ2) is 5.63. The summed E-state index contributed by atoms with van der Waals surface area (Å²) in [5.41, 5.74) is 1.13. The number of aliphatic hydroxyl groups is 1. The van der Waals surface area contributed by atoms with Crippen molar-refractivity contribution in [2.75, 3.05) is 6.61 Å². The second-order valence-corrected chi connectivity index (χ2v) is 7.69. The van der Waals surface area contributed by atoms with Gasteiger partial charge in [-0.25, -0.2) is 9.97 Å². The summed E-state index contributed by atoms with van der Waals surface area (Å²) in [6, 6.07) is 1.91. The quantitative estimate of drug-likeness (QED) is 0.910. The molecule has 0 spiro atoms. The van der Waals surface area contributed by atoms with Crippen molar-refractivity contribution in [2.45, 2.75) is 52.1 Å². The molecule has 5 nitrogen and oxygen atoms in total. The summed E-state index contributed by atoms with van der Waals surface area (Å²) < 4.78 is 2.00. The first-order chi connectivity index (χ1) is 10.4. The minimum Gasteiger partial charge on any atom is -0.394 e. The Kier molecular flexibility index (Phi) is 3.95. The summed E-state index contributed by atoms with van der Waals surface area (Å²) in [4.78, 5) is 8.57. The SMILES string of the molecule is CC1CC(C)(C)CC(CO)(NCc2cnc3ncccn23)C1. The third kappa shape index (κ3) is 3.01. The van der Waals surface area contributed by atoms with Gasteiger partial charge in [0.15, 0.2) is 0 Å². The zero-order valence-corrected chi connectivity index (χ0v) is 13.7. The van der Waals surface area contributed by atoms with Gasteiger partial charge in [0.2, 0.25) is 5.78 Å². The predicted octanol–water partition coefficient (Wildman–Crippen LogP) is 2.40. The molecule has 0 aliphatic heterocycles. The zero-order valence-electron chi connectivity index (χ0n) is 13.7. The first-order valence-electron chi connectivity index (χ1n) is 8.06. The Bertz CT molecular complexity index is 651. The topological polar surface area (TPSA) is 62.5 Å². The van der Waals surface area contributed by atoms with Crippen molar-refractivity contribution < 1.29 is 5.11 Å². The van der Waals surface area contributed by atoms with Gasteiger partial charge in [0, 0.05) is 24.5 Å². The average Bonchev–Trinajstić information content (AvgIpc) is 2.86. The lowest BCUT2D eigenvalue weighted by molar-refractivity contribution is 0.0350. The molecule has 2 unspecified atom stereocenters. The molecule has 0 aromatic carbocycles. The molecule has 22 heavy (non-hydrogen) atoms. The van der Waals surface area contributed by atoms with Gasteiger partial charge in [-0.05, 0) is 36.7 Å². The van der Waals surface area contributed by atoms with Gasteiger partial charge in [-0.3, -0.25) is 4.40 Å². The molecule has 2 atom stereocenters. The van der Waals surface area contributed by atoms with Crippen LogP contribution in [0.5, 0.6) is 0 Å². The summed E-state index contributed by atoms with van der Waals surface area (Å²) in [7, 11) is 0. The number of rotatable bonds is 4. The van der Waals surface area contributed by atoms with Gasteiger partial charge in [-0.1, -0.05) is 20.8 Å². The number of nitrogens with zero attached hydrogens (tertiary/aromatic N) is 3. The summed E-state index contributed by atoms with van der Waals surface area (Å²) in [5, 5.41) is 13.7. The van der Waals surface area contributed by atoms with Crippen LogP contribution in [0.2, 0.25) is 0 Å². The number of aromatic nitrogens is 3. The predicted molar refractivity (Wildman–Crippen MR) is 86.4 cm³/mol. The van der Waals surface area contributed by atoms with E-state index in [9.17, 15) is 5.11 Å². The van der Waals surface area contributed by atoms with Gasteiger partial charge in [0.05, 0.1) is 18.5 Å². The highest BCUT2D eigenvalue weighted by Gasteiger charge is 2.42. The Morgan fingerprint density at radius 2 is 2.18 bits per heavy atom. The van der Waals surface area contributed by atoms with Gasteiger partial charge < -0.3 is 10.4 Å². The summed E-state index contributed by atoms with van der Waals surface area (Å²) >= 11 is 0. The molecule has 2 heterocycles. The van der Waals surface area contributed by atoms with Crippen molar-refractivity contribution in [1.29, 1.82) is 0 Å². The van der Waals surface area contributed by atoms with E-state index < -0.39 is 0 Å². The Hall–Kier alpha value is -1.46. The normalized spacial score (nSPS) is 28.1. The second-order valence-electron chi connectivity index (χ2n) is 7.69. The van der Waals surface area contributed by atoms with Crippen LogP contribution in [-0.4, -0.2) is 31.6 Å². The Morgan fingerprint density at radius 3 is 2.91 bits per heavy atom. The molecule has 3 rings (SSSR count). The van der Waals surface area contributed by atoms with E-state index in [0.29, 0.717) is 12.5 Å². The van der Waals surface area contributed by atoms with Crippen LogP contribution < -0.4 is 5.32 Å². The lowest BCUT2D eigenvalue weighted by Gasteiger charge is -2.47. The number of hydrogen-bond donors (Lipinski definition) is 2. The maximum absolute atomic E-state index is 10.0. The highest BCUT2D eigenvalue weighted by Crippen LogP contribution is 2.43. The first-order valence-corrected chi connectivity index (χ1v) is 8.06. The van der Waals surface area contributed by atoms with E-state index >= 15 is 0 Å². The third-order valence-corrected chi connectivity index (χ3v) is 4.77. The fraction of sp³-hybridized carbons (Fsp3) is 0.647. The molecular formula is C17H26N4O. The van der Waals surface area contributed by atoms with Crippen LogP contribution in [0.25, 0.3) is 5.78 Å². The molecule has 2 aromatic heterocycles. The van der Waals surface area contributed by atoms with Crippen molar-refractivity contribution in [3.8, 4) is 0 Å². The first kappa shape index (κ1) is 15.4. The van der Waals surface area contributed by atoms with Crippen molar-refractivity contribution >= 4 is 5.78 Å². The van der Waals surface area contributed by atoms with Gasteiger partial charge >= 0.3 is 0 Å². The van der Waals surface area contributed by atoms with Gasteiger partial charge in [-0.15, -0.1) is 0 Å². The van der Waals surface area contributed by atoms with Crippen molar-refractivity contribution in [2.24, 2.45) is 11.3 Å². The van der Waals surface area contributed by atoms with Crippen LogP contribution in [0, 0.1) is 11.3 Å². The van der Waals surface area contributed by atoms with Crippen molar-refractivity contribution in [1.82, 2.24) is 19.7 Å². The monoisotopic (exact) mass is 302 g/mol. The van der Waals surface area contributed by atoms with Gasteiger partial charge in [-0.2, -0.15) is 0 Å². The van der Waals surface area contributed by atoms with Crippen LogP contribution in [0.1, 0.15) is 45.7 Å². The van der Waals surface area contributed by atoms with E-state index in [1.165, 1.54) is 6.42 Å². The molecule has 1 fully saturated rings. The highest BCUT2D eigenvalue weighted by molar-refractivity contribution is 5.30. The summed E-state index contributed by atoms with van der Waals surface area (Å²) in [5.74, 6) is 1.34. The number of aliphatic hydroxyl groups excluding tert-OH is 1. The van der Waals surface area contributed by atoms with Crippen LogP contribution in [0.3, 0.4) is 0 Å². The molecule has 0 radical (unpaired) electrons. The average molecular weight is 302 g/mol. The Labute approximate surface area is 131 Å². The number of hydrogen-bond acceptors (Lipinski definition) is 4. The lowest BCUT2D eigenvalue weighted by atomic mass is 9.64. The summed E-state index contributed by atoms with van der Waals surface area (Å²) in [6.07, 6.45) is 8.82.